The number of hydrogen-bond donors (Lipinski definition) is 0. The number of aryl methyl sites for hydroxylation is 1. The maximum Gasteiger partial charge on any atom is 0.0554 e. The first-order valence-electron chi connectivity index (χ1n) is 3.10. The molecule has 1 aromatic rings. The Labute approximate surface area is 91.0 Å². The van der Waals surface area contributed by atoms with E-state index < -0.39 is 0 Å². The molecule has 0 fully saturated rings. The molecule has 0 radical (unpaired) electrons. The molecule has 0 spiro atoms. The van der Waals surface area contributed by atoms with Gasteiger partial charge in [-0.2, -0.15) is 0 Å². The van der Waals surface area contributed by atoms with Gasteiger partial charge in [-0.25, -0.2) is 0 Å². The third kappa shape index (κ3) is 2.84. The van der Waals surface area contributed by atoms with E-state index in [1.807, 2.05) is 12.3 Å². The van der Waals surface area contributed by atoms with E-state index in [0.29, 0.717) is 0 Å². The molecule has 0 bridgehead atoms. The number of pyridine rings is 1. The zero-order valence-electron chi connectivity index (χ0n) is 5.65. The number of alkyl halides is 1. The predicted octanol–water partition coefficient (Wildman–Crippen LogP) is 3.54. The monoisotopic (exact) mass is 341 g/mol. The van der Waals surface area contributed by atoms with Crippen molar-refractivity contribution in [3.63, 3.8) is 0 Å². The van der Waals surface area contributed by atoms with Gasteiger partial charge in [0.1, 0.15) is 0 Å². The van der Waals surface area contributed by atoms with Gasteiger partial charge in [0, 0.05) is 26.9 Å². The first kappa shape index (κ1) is 9.68. The van der Waals surface area contributed by atoms with Gasteiger partial charge < -0.3 is 0 Å². The summed E-state index contributed by atoms with van der Waals surface area (Å²) in [5.74, 6) is 0. The van der Waals surface area contributed by atoms with E-state index in [9.17, 15) is 0 Å². The van der Waals surface area contributed by atoms with Crippen LogP contribution in [-0.2, 0) is 6.42 Å². The largest absolute Gasteiger partial charge is 0.259 e. The van der Waals surface area contributed by atoms with Crippen LogP contribution in [-0.4, -0.2) is 10.3 Å². The molecular weight excluding hydrogens is 338 g/mol. The van der Waals surface area contributed by atoms with Crippen molar-refractivity contribution in [3.05, 3.63) is 26.9 Å². The Morgan fingerprint density at radius 1 is 1.36 bits per heavy atom. The minimum atomic E-state index is 0.945. The summed E-state index contributed by atoms with van der Waals surface area (Å²) in [5, 5.41) is 0.945. The first-order chi connectivity index (χ1) is 5.24. The van der Waals surface area contributed by atoms with Crippen LogP contribution in [0.2, 0.25) is 0 Å². The first-order valence-corrected chi connectivity index (χ1v) is 5.80. The Hall–Kier alpha value is 0.590. The second kappa shape index (κ2) is 4.58. The molecule has 0 aliphatic carbocycles. The van der Waals surface area contributed by atoms with E-state index in [1.165, 1.54) is 0 Å². The molecule has 1 nitrogen and oxygen atoms in total. The molecule has 0 aliphatic rings. The summed E-state index contributed by atoms with van der Waals surface area (Å²) in [5.41, 5.74) is 1.09. The third-order valence-electron chi connectivity index (χ3n) is 1.22. The van der Waals surface area contributed by atoms with Crippen LogP contribution >= 0.6 is 47.8 Å². The van der Waals surface area contributed by atoms with Crippen LogP contribution < -0.4 is 0 Å². The van der Waals surface area contributed by atoms with Crippen LogP contribution in [0.1, 0.15) is 5.69 Å². The van der Waals surface area contributed by atoms with Gasteiger partial charge in [0.2, 0.25) is 0 Å². The van der Waals surface area contributed by atoms with E-state index in [1.54, 1.807) is 0 Å². The highest BCUT2D eigenvalue weighted by molar-refractivity contribution is 9.11. The Kier molecular flexibility index (Phi) is 4.02. The SMILES string of the molecule is BrCCc1ncc(Br)cc1Br. The lowest BCUT2D eigenvalue weighted by Crippen LogP contribution is -1.91. The van der Waals surface area contributed by atoms with E-state index in [0.717, 1.165) is 26.4 Å². The van der Waals surface area contributed by atoms with Gasteiger partial charge >= 0.3 is 0 Å². The molecule has 0 amide bonds. The smallest absolute Gasteiger partial charge is 0.0554 e. The zero-order valence-corrected chi connectivity index (χ0v) is 10.4. The number of nitrogens with zero attached hydrogens (tertiary/aromatic N) is 1. The van der Waals surface area contributed by atoms with Crippen LogP contribution in [0.15, 0.2) is 21.2 Å². The average Bonchev–Trinajstić information content (AvgIpc) is 1.95. The van der Waals surface area contributed by atoms with Gasteiger partial charge in [0.05, 0.1) is 5.69 Å². The summed E-state index contributed by atoms with van der Waals surface area (Å²) < 4.78 is 2.06. The van der Waals surface area contributed by atoms with E-state index >= 15 is 0 Å². The Balaban J connectivity index is 2.90. The van der Waals surface area contributed by atoms with Crippen molar-refractivity contribution in [2.75, 3.05) is 5.33 Å². The highest BCUT2D eigenvalue weighted by Gasteiger charge is 2.00. The van der Waals surface area contributed by atoms with Crippen LogP contribution in [0.4, 0.5) is 0 Å². The highest BCUT2D eigenvalue weighted by Crippen LogP contribution is 2.19. The quantitative estimate of drug-likeness (QED) is 0.748. The molecule has 60 valence electrons. The zero-order chi connectivity index (χ0) is 8.27. The van der Waals surface area contributed by atoms with Crippen LogP contribution in [0.25, 0.3) is 0 Å². The fourth-order valence-electron chi connectivity index (χ4n) is 0.716. The van der Waals surface area contributed by atoms with Gasteiger partial charge in [0.25, 0.3) is 0 Å². The van der Waals surface area contributed by atoms with Crippen LogP contribution in [0, 0.1) is 0 Å². The van der Waals surface area contributed by atoms with E-state index in [-0.39, 0.29) is 0 Å². The van der Waals surface area contributed by atoms with Gasteiger partial charge in [0.15, 0.2) is 0 Å². The molecule has 0 aliphatic heterocycles. The molecule has 0 saturated carbocycles. The van der Waals surface area contributed by atoms with Gasteiger partial charge in [-0.15, -0.1) is 0 Å². The van der Waals surface area contributed by atoms with Crippen LogP contribution in [0.5, 0.6) is 0 Å². The summed E-state index contributed by atoms with van der Waals surface area (Å²) in [6, 6.07) is 2.00. The number of rotatable bonds is 2. The highest BCUT2D eigenvalue weighted by atomic mass is 79.9. The number of aromatic nitrogens is 1. The van der Waals surface area contributed by atoms with Gasteiger partial charge in [-0.1, -0.05) is 15.9 Å². The standard InChI is InChI=1S/C7H6Br3N/c8-2-1-7-6(10)3-5(9)4-11-7/h3-4H,1-2H2. The van der Waals surface area contributed by atoms with Crippen molar-refractivity contribution in [1.29, 1.82) is 0 Å². The molecule has 0 aromatic carbocycles. The van der Waals surface area contributed by atoms with Crippen molar-refractivity contribution >= 4 is 47.8 Å². The van der Waals surface area contributed by atoms with Crippen molar-refractivity contribution in [3.8, 4) is 0 Å². The molecule has 0 N–H and O–H groups in total. The summed E-state index contributed by atoms with van der Waals surface area (Å²) >= 11 is 10.1. The van der Waals surface area contributed by atoms with Crippen LogP contribution in [0.3, 0.4) is 0 Å². The topological polar surface area (TPSA) is 12.9 Å². The summed E-state index contributed by atoms with van der Waals surface area (Å²) in [7, 11) is 0. The van der Waals surface area contributed by atoms with Crippen molar-refractivity contribution < 1.29 is 0 Å². The molecule has 0 saturated heterocycles. The van der Waals surface area contributed by atoms with Crippen molar-refractivity contribution in [2.45, 2.75) is 6.42 Å². The lowest BCUT2D eigenvalue weighted by atomic mass is 10.3. The summed E-state index contributed by atoms with van der Waals surface area (Å²) in [6.45, 7) is 0. The minimum Gasteiger partial charge on any atom is -0.259 e. The number of hydrogen-bond acceptors (Lipinski definition) is 1. The fourth-order valence-corrected chi connectivity index (χ4v) is 2.28. The Morgan fingerprint density at radius 2 is 2.09 bits per heavy atom. The van der Waals surface area contributed by atoms with Gasteiger partial charge in [-0.05, 0) is 37.9 Å². The molecule has 1 aromatic heterocycles. The lowest BCUT2D eigenvalue weighted by Gasteiger charge is -2.00. The van der Waals surface area contributed by atoms with Crippen molar-refractivity contribution in [2.24, 2.45) is 0 Å². The lowest BCUT2D eigenvalue weighted by molar-refractivity contribution is 1.03. The summed E-state index contributed by atoms with van der Waals surface area (Å²) in [6.07, 6.45) is 2.76. The molecule has 1 heterocycles. The Morgan fingerprint density at radius 3 is 2.64 bits per heavy atom. The fraction of sp³-hybridized carbons (Fsp3) is 0.286. The molecule has 1 rings (SSSR count). The minimum absolute atomic E-state index is 0.945. The second-order valence-corrected chi connectivity index (χ2v) is 4.58. The van der Waals surface area contributed by atoms with E-state index in [4.69, 9.17) is 0 Å². The summed E-state index contributed by atoms with van der Waals surface area (Å²) in [4.78, 5) is 4.24. The predicted molar refractivity (Wildman–Crippen MR) is 57.1 cm³/mol. The maximum absolute atomic E-state index is 4.24. The molecule has 4 heteroatoms. The normalized spacial score (nSPS) is 10.1. The molecule has 11 heavy (non-hydrogen) atoms. The third-order valence-corrected chi connectivity index (χ3v) is 2.73. The van der Waals surface area contributed by atoms with Gasteiger partial charge in [-0.3, -0.25) is 4.98 Å². The number of halogens is 3. The van der Waals surface area contributed by atoms with E-state index in [2.05, 4.69) is 52.8 Å². The van der Waals surface area contributed by atoms with Crippen molar-refractivity contribution in [1.82, 2.24) is 4.98 Å². The average molecular weight is 344 g/mol. The maximum atomic E-state index is 4.24. The Bertz CT molecular complexity index is 249. The molecular formula is C7H6Br3N. The molecule has 0 atom stereocenters. The molecule has 0 unspecified atom stereocenters. The second-order valence-electron chi connectivity index (χ2n) is 2.02.